The monoisotopic (exact) mass is 258 g/mol. The second-order valence-electron chi connectivity index (χ2n) is 4.79. The van der Waals surface area contributed by atoms with Crippen LogP contribution in [0.5, 0.6) is 0 Å². The maximum atomic E-state index is 6.17. The van der Waals surface area contributed by atoms with E-state index in [2.05, 4.69) is 50.6 Å². The standard InChI is InChI=1S/C16H22OSi/c1-5-7-9-14-16(17-18(3,4)6-2)15-12-10-8-11-13-15/h6,8,10-13,16H,2,5,7H2,1,3-4H3. The Labute approximate surface area is 112 Å². The summed E-state index contributed by atoms with van der Waals surface area (Å²) in [5, 5.41) is 0. The Balaban J connectivity index is 2.90. The normalized spacial score (nSPS) is 12.4. The van der Waals surface area contributed by atoms with E-state index in [4.69, 9.17) is 4.43 Å². The van der Waals surface area contributed by atoms with Crippen molar-refractivity contribution in [1.29, 1.82) is 0 Å². The fourth-order valence-electron chi connectivity index (χ4n) is 1.45. The van der Waals surface area contributed by atoms with Crippen LogP contribution in [0.2, 0.25) is 13.1 Å². The predicted molar refractivity (Wildman–Crippen MR) is 80.6 cm³/mol. The molecule has 1 nitrogen and oxygen atoms in total. The molecule has 0 heterocycles. The summed E-state index contributed by atoms with van der Waals surface area (Å²) in [6.45, 7) is 10.3. The van der Waals surface area contributed by atoms with Crippen LogP contribution in [0.25, 0.3) is 0 Å². The lowest BCUT2D eigenvalue weighted by Gasteiger charge is -2.23. The molecule has 0 saturated carbocycles. The first kappa shape index (κ1) is 14.8. The molecule has 1 atom stereocenters. The number of unbranched alkanes of at least 4 members (excludes halogenated alkanes) is 1. The summed E-state index contributed by atoms with van der Waals surface area (Å²) in [5.41, 5.74) is 3.08. The van der Waals surface area contributed by atoms with Gasteiger partial charge in [-0.05, 0) is 25.1 Å². The molecule has 0 bridgehead atoms. The lowest BCUT2D eigenvalue weighted by Crippen LogP contribution is -2.29. The fourth-order valence-corrected chi connectivity index (χ4v) is 2.35. The van der Waals surface area contributed by atoms with Crippen LogP contribution >= 0.6 is 0 Å². The van der Waals surface area contributed by atoms with Crippen LogP contribution in [0.1, 0.15) is 31.4 Å². The summed E-state index contributed by atoms with van der Waals surface area (Å²) >= 11 is 0. The molecule has 0 spiro atoms. The predicted octanol–water partition coefficient (Wildman–Crippen LogP) is 4.48. The van der Waals surface area contributed by atoms with Crippen LogP contribution in [0.3, 0.4) is 0 Å². The second-order valence-corrected chi connectivity index (χ2v) is 8.64. The quantitative estimate of drug-likeness (QED) is 0.559. The van der Waals surface area contributed by atoms with Crippen LogP contribution in [0.15, 0.2) is 42.6 Å². The highest BCUT2D eigenvalue weighted by Gasteiger charge is 2.23. The minimum absolute atomic E-state index is 0.127. The summed E-state index contributed by atoms with van der Waals surface area (Å²) < 4.78 is 6.17. The number of benzene rings is 1. The minimum atomic E-state index is -1.82. The number of hydrogen-bond donors (Lipinski definition) is 0. The maximum Gasteiger partial charge on any atom is 0.212 e. The molecule has 2 heteroatoms. The Hall–Kier alpha value is -1.30. The zero-order valence-electron chi connectivity index (χ0n) is 11.6. The second kappa shape index (κ2) is 7.20. The van der Waals surface area contributed by atoms with E-state index < -0.39 is 8.32 Å². The molecule has 0 N–H and O–H groups in total. The first-order valence-electron chi connectivity index (χ1n) is 6.44. The molecule has 1 unspecified atom stereocenters. The molecule has 0 aliphatic rings. The average molecular weight is 258 g/mol. The highest BCUT2D eigenvalue weighted by atomic mass is 28.4. The third-order valence-electron chi connectivity index (χ3n) is 2.62. The fraction of sp³-hybridized carbons (Fsp3) is 0.375. The highest BCUT2D eigenvalue weighted by Crippen LogP contribution is 2.22. The van der Waals surface area contributed by atoms with Gasteiger partial charge in [0.1, 0.15) is 6.10 Å². The topological polar surface area (TPSA) is 9.23 Å². The maximum absolute atomic E-state index is 6.17. The van der Waals surface area contributed by atoms with Gasteiger partial charge < -0.3 is 4.43 Å². The third-order valence-corrected chi connectivity index (χ3v) is 4.45. The van der Waals surface area contributed by atoms with Gasteiger partial charge in [0.05, 0.1) is 0 Å². The zero-order chi connectivity index (χ0) is 13.4. The highest BCUT2D eigenvalue weighted by molar-refractivity contribution is 6.76. The van der Waals surface area contributed by atoms with Gasteiger partial charge in [0.15, 0.2) is 0 Å². The molecule has 0 amide bonds. The molecule has 96 valence electrons. The summed E-state index contributed by atoms with van der Waals surface area (Å²) in [4.78, 5) is 0. The molecule has 1 aromatic rings. The van der Waals surface area contributed by atoms with Crippen molar-refractivity contribution in [1.82, 2.24) is 0 Å². The van der Waals surface area contributed by atoms with E-state index in [-0.39, 0.29) is 6.10 Å². The van der Waals surface area contributed by atoms with Crippen molar-refractivity contribution in [3.05, 3.63) is 48.2 Å². The van der Waals surface area contributed by atoms with E-state index >= 15 is 0 Å². The van der Waals surface area contributed by atoms with Gasteiger partial charge in [-0.1, -0.05) is 48.9 Å². The lowest BCUT2D eigenvalue weighted by atomic mass is 10.1. The molecule has 1 aromatic carbocycles. The SMILES string of the molecule is C=C[Si](C)(C)OC(C#CCCC)c1ccccc1. The van der Waals surface area contributed by atoms with Crippen molar-refractivity contribution in [3.8, 4) is 11.8 Å². The van der Waals surface area contributed by atoms with Crippen LogP contribution in [0, 0.1) is 11.8 Å². The Morgan fingerprint density at radius 1 is 1.33 bits per heavy atom. The van der Waals surface area contributed by atoms with Crippen molar-refractivity contribution in [2.75, 3.05) is 0 Å². The van der Waals surface area contributed by atoms with Crippen molar-refractivity contribution < 1.29 is 4.43 Å². The molecular weight excluding hydrogens is 236 g/mol. The van der Waals surface area contributed by atoms with Crippen LogP contribution < -0.4 is 0 Å². The lowest BCUT2D eigenvalue weighted by molar-refractivity contribution is 0.260. The summed E-state index contributed by atoms with van der Waals surface area (Å²) in [6.07, 6.45) is 1.87. The van der Waals surface area contributed by atoms with Crippen molar-refractivity contribution in [2.24, 2.45) is 0 Å². The van der Waals surface area contributed by atoms with Crippen molar-refractivity contribution in [2.45, 2.75) is 39.0 Å². The Kier molecular flexibility index (Phi) is 5.90. The third kappa shape index (κ3) is 4.91. The average Bonchev–Trinajstić information content (AvgIpc) is 2.39. The van der Waals surface area contributed by atoms with Crippen molar-refractivity contribution >= 4 is 8.32 Å². The smallest absolute Gasteiger partial charge is 0.212 e. The van der Waals surface area contributed by atoms with E-state index in [1.165, 1.54) is 0 Å². The number of hydrogen-bond acceptors (Lipinski definition) is 1. The van der Waals surface area contributed by atoms with E-state index in [1.807, 2.05) is 23.9 Å². The van der Waals surface area contributed by atoms with Gasteiger partial charge in [-0.25, -0.2) is 0 Å². The van der Waals surface area contributed by atoms with Gasteiger partial charge in [-0.2, -0.15) is 0 Å². The van der Waals surface area contributed by atoms with E-state index in [1.54, 1.807) is 0 Å². The molecule has 0 fully saturated rings. The van der Waals surface area contributed by atoms with Crippen molar-refractivity contribution in [3.63, 3.8) is 0 Å². The minimum Gasteiger partial charge on any atom is -0.396 e. The van der Waals surface area contributed by atoms with E-state index in [0.717, 1.165) is 18.4 Å². The molecule has 0 aliphatic carbocycles. The molecule has 0 aromatic heterocycles. The van der Waals surface area contributed by atoms with Crippen LogP contribution in [-0.4, -0.2) is 8.32 Å². The largest absolute Gasteiger partial charge is 0.396 e. The first-order valence-corrected chi connectivity index (χ1v) is 9.42. The number of rotatable bonds is 5. The van der Waals surface area contributed by atoms with Crippen LogP contribution in [-0.2, 0) is 4.43 Å². The summed E-state index contributed by atoms with van der Waals surface area (Å²) in [5.74, 6) is 6.44. The Morgan fingerprint density at radius 2 is 2.00 bits per heavy atom. The Morgan fingerprint density at radius 3 is 2.56 bits per heavy atom. The zero-order valence-corrected chi connectivity index (χ0v) is 12.6. The van der Waals surface area contributed by atoms with Gasteiger partial charge in [0.25, 0.3) is 0 Å². The molecule has 0 aliphatic heterocycles. The molecule has 0 radical (unpaired) electrons. The summed E-state index contributed by atoms with van der Waals surface area (Å²) in [6, 6.07) is 10.2. The van der Waals surface area contributed by atoms with E-state index in [0.29, 0.717) is 0 Å². The van der Waals surface area contributed by atoms with Gasteiger partial charge in [-0.3, -0.25) is 0 Å². The van der Waals surface area contributed by atoms with Gasteiger partial charge in [-0.15, -0.1) is 12.5 Å². The van der Waals surface area contributed by atoms with Gasteiger partial charge >= 0.3 is 0 Å². The first-order chi connectivity index (χ1) is 8.59. The molecule has 1 rings (SSSR count). The summed E-state index contributed by atoms with van der Waals surface area (Å²) in [7, 11) is -1.82. The van der Waals surface area contributed by atoms with E-state index in [9.17, 15) is 0 Å². The Bertz CT molecular complexity index is 425. The molecular formula is C16H22OSi. The molecule has 18 heavy (non-hydrogen) atoms. The van der Waals surface area contributed by atoms with Crippen LogP contribution in [0.4, 0.5) is 0 Å². The molecule has 0 saturated heterocycles. The van der Waals surface area contributed by atoms with Gasteiger partial charge in [0.2, 0.25) is 8.32 Å². The van der Waals surface area contributed by atoms with Gasteiger partial charge in [0, 0.05) is 6.42 Å².